The Labute approximate surface area is 97.6 Å². The van der Waals surface area contributed by atoms with E-state index in [1.165, 1.54) is 12.1 Å². The second-order valence-electron chi connectivity index (χ2n) is 3.27. The summed E-state index contributed by atoms with van der Waals surface area (Å²) in [5, 5.41) is 12.0. The van der Waals surface area contributed by atoms with Crippen LogP contribution in [0.2, 0.25) is 0 Å². The first kappa shape index (κ1) is 12.0. The Morgan fingerprint density at radius 2 is 2.33 bits per heavy atom. The molecule has 0 radical (unpaired) electrons. The average molecular weight is 272 g/mol. The topological polar surface area (TPSA) is 49.3 Å². The van der Waals surface area contributed by atoms with Gasteiger partial charge >= 0.3 is 0 Å². The Morgan fingerprint density at radius 3 is 2.93 bits per heavy atom. The third-order valence-corrected chi connectivity index (χ3v) is 3.01. The molecule has 0 heterocycles. The number of alkyl halides is 1. The van der Waals surface area contributed by atoms with Gasteiger partial charge in [-0.2, -0.15) is 0 Å². The molecule has 4 heteroatoms. The maximum atomic E-state index is 11.6. The van der Waals surface area contributed by atoms with Crippen LogP contribution in [0.1, 0.15) is 23.7 Å². The Bertz CT molecular complexity index is 341. The molecule has 0 bridgehead atoms. The predicted molar refractivity (Wildman–Crippen MR) is 63.4 cm³/mol. The van der Waals surface area contributed by atoms with Gasteiger partial charge in [-0.3, -0.25) is 4.79 Å². The van der Waals surface area contributed by atoms with Gasteiger partial charge in [0.15, 0.2) is 0 Å². The maximum absolute atomic E-state index is 11.6. The normalized spacial score (nSPS) is 12.1. The van der Waals surface area contributed by atoms with Crippen molar-refractivity contribution in [2.75, 3.05) is 6.54 Å². The van der Waals surface area contributed by atoms with E-state index in [9.17, 15) is 9.90 Å². The lowest BCUT2D eigenvalue weighted by atomic mass is 10.2. The van der Waals surface area contributed by atoms with Crippen molar-refractivity contribution >= 4 is 21.8 Å². The number of aromatic hydroxyl groups is 1. The molecule has 1 aromatic carbocycles. The minimum atomic E-state index is -0.163. The van der Waals surface area contributed by atoms with Crippen LogP contribution in [0.4, 0.5) is 0 Å². The van der Waals surface area contributed by atoms with Crippen LogP contribution in [0.25, 0.3) is 0 Å². The van der Waals surface area contributed by atoms with Gasteiger partial charge in [0.25, 0.3) is 5.91 Å². The molecule has 0 aliphatic heterocycles. The largest absolute Gasteiger partial charge is 0.508 e. The van der Waals surface area contributed by atoms with Crippen molar-refractivity contribution in [3.8, 4) is 5.75 Å². The van der Waals surface area contributed by atoms with Crippen LogP contribution in [-0.4, -0.2) is 22.4 Å². The Hall–Kier alpha value is -1.03. The fourth-order valence-electron chi connectivity index (χ4n) is 1.10. The van der Waals surface area contributed by atoms with Crippen molar-refractivity contribution < 1.29 is 9.90 Å². The predicted octanol–water partition coefficient (Wildman–Crippen LogP) is 2.30. The first-order valence-corrected chi connectivity index (χ1v) is 5.76. The number of halogens is 1. The Balaban J connectivity index is 2.54. The van der Waals surface area contributed by atoms with E-state index in [-0.39, 0.29) is 11.7 Å². The van der Waals surface area contributed by atoms with E-state index in [4.69, 9.17) is 0 Å². The van der Waals surface area contributed by atoms with Crippen molar-refractivity contribution in [3.05, 3.63) is 29.8 Å². The molecule has 0 saturated carbocycles. The van der Waals surface area contributed by atoms with E-state index in [0.717, 1.165) is 6.42 Å². The second kappa shape index (κ2) is 5.75. The molecule has 1 unspecified atom stereocenters. The third kappa shape index (κ3) is 3.91. The zero-order valence-electron chi connectivity index (χ0n) is 8.53. The summed E-state index contributed by atoms with van der Waals surface area (Å²) in [7, 11) is 0. The van der Waals surface area contributed by atoms with Crippen LogP contribution in [0, 0.1) is 0 Å². The number of phenolic OH excluding ortho intramolecular Hbond substituents is 1. The highest BCUT2D eigenvalue weighted by molar-refractivity contribution is 9.09. The first-order chi connectivity index (χ1) is 7.13. The molecule has 0 aliphatic rings. The van der Waals surface area contributed by atoms with Crippen LogP contribution in [0.15, 0.2) is 24.3 Å². The summed E-state index contributed by atoms with van der Waals surface area (Å²) in [6.45, 7) is 2.63. The van der Waals surface area contributed by atoms with E-state index in [1.54, 1.807) is 12.1 Å². The van der Waals surface area contributed by atoms with E-state index in [0.29, 0.717) is 16.9 Å². The number of nitrogens with one attached hydrogen (secondary N) is 1. The van der Waals surface area contributed by atoms with Crippen LogP contribution in [0.3, 0.4) is 0 Å². The molecule has 82 valence electrons. The van der Waals surface area contributed by atoms with Gasteiger partial charge in [-0.05, 0) is 24.6 Å². The van der Waals surface area contributed by atoms with Crippen molar-refractivity contribution in [1.29, 1.82) is 0 Å². The number of rotatable bonds is 4. The SMILES string of the molecule is CCC(Br)CNC(=O)c1cccc(O)c1. The minimum absolute atomic E-state index is 0.105. The number of carbonyl (C=O) groups excluding carboxylic acids is 1. The molecular weight excluding hydrogens is 258 g/mol. The zero-order chi connectivity index (χ0) is 11.3. The number of phenols is 1. The third-order valence-electron chi connectivity index (χ3n) is 2.04. The molecule has 15 heavy (non-hydrogen) atoms. The molecule has 0 fully saturated rings. The highest BCUT2D eigenvalue weighted by Gasteiger charge is 2.07. The molecule has 1 atom stereocenters. The Kier molecular flexibility index (Phi) is 4.62. The van der Waals surface area contributed by atoms with Gasteiger partial charge in [0.05, 0.1) is 0 Å². The molecular formula is C11H14BrNO2. The van der Waals surface area contributed by atoms with Gasteiger partial charge in [-0.15, -0.1) is 0 Å². The van der Waals surface area contributed by atoms with E-state index in [2.05, 4.69) is 21.2 Å². The van der Waals surface area contributed by atoms with Crippen LogP contribution in [0.5, 0.6) is 5.75 Å². The lowest BCUT2D eigenvalue weighted by Crippen LogP contribution is -2.29. The number of hydrogen-bond donors (Lipinski definition) is 2. The average Bonchev–Trinajstić information content (AvgIpc) is 2.25. The number of amides is 1. The molecule has 1 amide bonds. The summed E-state index contributed by atoms with van der Waals surface area (Å²) in [4.78, 5) is 11.9. The monoisotopic (exact) mass is 271 g/mol. The second-order valence-corrected chi connectivity index (χ2v) is 4.56. The van der Waals surface area contributed by atoms with Gasteiger partial charge in [0.2, 0.25) is 0 Å². The summed E-state index contributed by atoms with van der Waals surface area (Å²) >= 11 is 3.43. The lowest BCUT2D eigenvalue weighted by Gasteiger charge is -2.08. The zero-order valence-corrected chi connectivity index (χ0v) is 10.1. The molecule has 1 rings (SSSR count). The van der Waals surface area contributed by atoms with Crippen molar-refractivity contribution in [2.45, 2.75) is 18.2 Å². The van der Waals surface area contributed by atoms with Crippen LogP contribution in [-0.2, 0) is 0 Å². The van der Waals surface area contributed by atoms with Crippen LogP contribution < -0.4 is 5.32 Å². The quantitative estimate of drug-likeness (QED) is 0.826. The van der Waals surface area contributed by atoms with E-state index < -0.39 is 0 Å². The van der Waals surface area contributed by atoms with Crippen molar-refractivity contribution in [3.63, 3.8) is 0 Å². The van der Waals surface area contributed by atoms with Crippen molar-refractivity contribution in [1.82, 2.24) is 5.32 Å². The standard InChI is InChI=1S/C11H14BrNO2/c1-2-9(12)7-13-11(15)8-4-3-5-10(14)6-8/h3-6,9,14H,2,7H2,1H3,(H,13,15). The molecule has 0 spiro atoms. The lowest BCUT2D eigenvalue weighted by molar-refractivity contribution is 0.0953. The van der Waals surface area contributed by atoms with E-state index >= 15 is 0 Å². The molecule has 0 aromatic heterocycles. The number of benzene rings is 1. The summed E-state index contributed by atoms with van der Waals surface area (Å²) in [6, 6.07) is 6.31. The molecule has 1 aromatic rings. The molecule has 3 nitrogen and oxygen atoms in total. The Morgan fingerprint density at radius 1 is 1.60 bits per heavy atom. The number of hydrogen-bond acceptors (Lipinski definition) is 2. The van der Waals surface area contributed by atoms with Crippen molar-refractivity contribution in [2.24, 2.45) is 0 Å². The number of carbonyl (C=O) groups is 1. The summed E-state index contributed by atoms with van der Waals surface area (Å²) in [5.74, 6) is -0.0580. The maximum Gasteiger partial charge on any atom is 0.251 e. The summed E-state index contributed by atoms with van der Waals surface area (Å²) in [5.41, 5.74) is 0.478. The summed E-state index contributed by atoms with van der Waals surface area (Å²) < 4.78 is 0. The minimum Gasteiger partial charge on any atom is -0.508 e. The molecule has 2 N–H and O–H groups in total. The molecule has 0 aliphatic carbocycles. The van der Waals surface area contributed by atoms with Gasteiger partial charge in [-0.1, -0.05) is 28.9 Å². The van der Waals surface area contributed by atoms with Gasteiger partial charge in [0.1, 0.15) is 5.75 Å². The highest BCUT2D eigenvalue weighted by Crippen LogP contribution is 2.10. The highest BCUT2D eigenvalue weighted by atomic mass is 79.9. The van der Waals surface area contributed by atoms with Gasteiger partial charge < -0.3 is 10.4 Å². The van der Waals surface area contributed by atoms with Gasteiger partial charge in [0, 0.05) is 16.9 Å². The fraction of sp³-hybridized carbons (Fsp3) is 0.364. The first-order valence-electron chi connectivity index (χ1n) is 4.84. The fourth-order valence-corrected chi connectivity index (χ4v) is 1.26. The summed E-state index contributed by atoms with van der Waals surface area (Å²) in [6.07, 6.45) is 0.959. The molecule has 0 saturated heterocycles. The van der Waals surface area contributed by atoms with E-state index in [1.807, 2.05) is 6.92 Å². The smallest absolute Gasteiger partial charge is 0.251 e. The van der Waals surface area contributed by atoms with Crippen LogP contribution >= 0.6 is 15.9 Å². The van der Waals surface area contributed by atoms with Gasteiger partial charge in [-0.25, -0.2) is 0 Å².